The molecule has 0 spiro atoms. The Morgan fingerprint density at radius 1 is 1.26 bits per heavy atom. The zero-order valence-electron chi connectivity index (χ0n) is 11.5. The average molecular weight is 298 g/mol. The van der Waals surface area contributed by atoms with Crippen LogP contribution in [0, 0.1) is 13.8 Å². The Hall–Kier alpha value is -1.03. The maximum Gasteiger partial charge on any atom is 0.0848 e. The van der Waals surface area contributed by atoms with Crippen molar-refractivity contribution in [2.24, 2.45) is 0 Å². The molecule has 0 bridgehead atoms. The SMILES string of the molecule is CNC(C)c1ccc(-n2nc(C)c(Cl)c2C)c(Cl)c1. The van der Waals surface area contributed by atoms with Gasteiger partial charge in [0.2, 0.25) is 0 Å². The Kier molecular flexibility index (Phi) is 4.19. The number of hydrogen-bond donors (Lipinski definition) is 1. The molecule has 1 N–H and O–H groups in total. The van der Waals surface area contributed by atoms with E-state index in [1.165, 1.54) is 0 Å². The van der Waals surface area contributed by atoms with E-state index in [-0.39, 0.29) is 6.04 Å². The first kappa shape index (κ1) is 14.4. The van der Waals surface area contributed by atoms with E-state index < -0.39 is 0 Å². The zero-order chi connectivity index (χ0) is 14.2. The molecule has 1 atom stereocenters. The Morgan fingerprint density at radius 2 is 1.95 bits per heavy atom. The van der Waals surface area contributed by atoms with Gasteiger partial charge in [0.05, 0.1) is 27.1 Å². The molecule has 5 heteroatoms. The molecule has 0 fully saturated rings. The fraction of sp³-hybridized carbons (Fsp3) is 0.357. The van der Waals surface area contributed by atoms with Crippen LogP contribution in [0.1, 0.15) is 29.9 Å². The van der Waals surface area contributed by atoms with E-state index in [9.17, 15) is 0 Å². The van der Waals surface area contributed by atoms with Crippen molar-refractivity contribution in [1.82, 2.24) is 15.1 Å². The molecule has 0 aliphatic heterocycles. The summed E-state index contributed by atoms with van der Waals surface area (Å²) in [6.45, 7) is 5.91. The predicted molar refractivity (Wildman–Crippen MR) is 80.5 cm³/mol. The Bertz CT molecular complexity index is 605. The first-order valence-electron chi connectivity index (χ1n) is 6.14. The van der Waals surface area contributed by atoms with E-state index in [1.807, 2.05) is 39.1 Å². The summed E-state index contributed by atoms with van der Waals surface area (Å²) in [5, 5.41) is 8.96. The third kappa shape index (κ3) is 2.64. The quantitative estimate of drug-likeness (QED) is 0.925. The van der Waals surface area contributed by atoms with Gasteiger partial charge in [0.15, 0.2) is 0 Å². The highest BCUT2D eigenvalue weighted by molar-refractivity contribution is 6.33. The summed E-state index contributed by atoms with van der Waals surface area (Å²) in [6.07, 6.45) is 0. The van der Waals surface area contributed by atoms with E-state index in [1.54, 1.807) is 4.68 Å². The van der Waals surface area contributed by atoms with Crippen molar-refractivity contribution >= 4 is 23.2 Å². The van der Waals surface area contributed by atoms with Gasteiger partial charge in [-0.15, -0.1) is 0 Å². The second kappa shape index (κ2) is 5.53. The highest BCUT2D eigenvalue weighted by atomic mass is 35.5. The lowest BCUT2D eigenvalue weighted by Gasteiger charge is -2.13. The van der Waals surface area contributed by atoms with Crippen LogP contribution in [-0.2, 0) is 0 Å². The van der Waals surface area contributed by atoms with Gasteiger partial charge in [0.1, 0.15) is 0 Å². The number of benzene rings is 1. The number of nitrogens with one attached hydrogen (secondary N) is 1. The highest BCUT2D eigenvalue weighted by Crippen LogP contribution is 2.28. The van der Waals surface area contributed by atoms with Crippen LogP contribution in [0.3, 0.4) is 0 Å². The number of rotatable bonds is 3. The normalized spacial score (nSPS) is 12.7. The minimum Gasteiger partial charge on any atom is -0.313 e. The van der Waals surface area contributed by atoms with E-state index in [0.717, 1.165) is 22.6 Å². The Labute approximate surface area is 123 Å². The van der Waals surface area contributed by atoms with Crippen LogP contribution in [0.5, 0.6) is 0 Å². The molecule has 2 rings (SSSR count). The molecule has 19 heavy (non-hydrogen) atoms. The van der Waals surface area contributed by atoms with Crippen molar-refractivity contribution in [2.45, 2.75) is 26.8 Å². The molecule has 0 amide bonds. The summed E-state index contributed by atoms with van der Waals surface area (Å²) in [4.78, 5) is 0. The zero-order valence-corrected chi connectivity index (χ0v) is 13.0. The van der Waals surface area contributed by atoms with Gasteiger partial charge in [-0.25, -0.2) is 4.68 Å². The standard InChI is InChI=1S/C14H17Cl2N3/c1-8(17-4)11-5-6-13(12(15)7-11)19-10(3)14(16)9(2)18-19/h5-8,17H,1-4H3. The number of hydrogen-bond acceptors (Lipinski definition) is 2. The molecular formula is C14H17Cl2N3. The summed E-state index contributed by atoms with van der Waals surface area (Å²) in [5.41, 5.74) is 3.70. The molecule has 1 aromatic heterocycles. The lowest BCUT2D eigenvalue weighted by molar-refractivity contribution is 0.652. The number of aromatic nitrogens is 2. The van der Waals surface area contributed by atoms with Crippen molar-refractivity contribution in [1.29, 1.82) is 0 Å². The van der Waals surface area contributed by atoms with Crippen LogP contribution >= 0.6 is 23.2 Å². The summed E-state index contributed by atoms with van der Waals surface area (Å²) >= 11 is 12.5. The summed E-state index contributed by atoms with van der Waals surface area (Å²) < 4.78 is 1.79. The topological polar surface area (TPSA) is 29.9 Å². The van der Waals surface area contributed by atoms with Crippen molar-refractivity contribution in [2.75, 3.05) is 7.05 Å². The van der Waals surface area contributed by atoms with Crippen molar-refractivity contribution in [3.8, 4) is 5.69 Å². The fourth-order valence-corrected chi connectivity index (χ4v) is 2.38. The van der Waals surface area contributed by atoms with Gasteiger partial charge in [0.25, 0.3) is 0 Å². The van der Waals surface area contributed by atoms with Crippen LogP contribution in [-0.4, -0.2) is 16.8 Å². The fourth-order valence-electron chi connectivity index (χ4n) is 1.99. The largest absolute Gasteiger partial charge is 0.313 e. The molecule has 3 nitrogen and oxygen atoms in total. The monoisotopic (exact) mass is 297 g/mol. The second-order valence-electron chi connectivity index (χ2n) is 4.62. The maximum atomic E-state index is 6.37. The first-order chi connectivity index (χ1) is 8.95. The van der Waals surface area contributed by atoms with Crippen LogP contribution < -0.4 is 5.32 Å². The van der Waals surface area contributed by atoms with Gasteiger partial charge in [-0.1, -0.05) is 29.3 Å². The predicted octanol–water partition coefficient (Wildman–Crippen LogP) is 4.08. The lowest BCUT2D eigenvalue weighted by atomic mass is 10.1. The van der Waals surface area contributed by atoms with Gasteiger partial charge in [-0.05, 0) is 45.5 Å². The van der Waals surface area contributed by atoms with Crippen LogP contribution in [0.4, 0.5) is 0 Å². The first-order valence-corrected chi connectivity index (χ1v) is 6.90. The van der Waals surface area contributed by atoms with Gasteiger partial charge >= 0.3 is 0 Å². The second-order valence-corrected chi connectivity index (χ2v) is 5.40. The van der Waals surface area contributed by atoms with Gasteiger partial charge in [-0.2, -0.15) is 5.10 Å². The molecule has 1 aromatic carbocycles. The van der Waals surface area contributed by atoms with Gasteiger partial charge in [0, 0.05) is 6.04 Å². The van der Waals surface area contributed by atoms with Crippen LogP contribution in [0.15, 0.2) is 18.2 Å². The summed E-state index contributed by atoms with van der Waals surface area (Å²) in [7, 11) is 1.92. The van der Waals surface area contributed by atoms with E-state index in [0.29, 0.717) is 10.0 Å². The summed E-state index contributed by atoms with van der Waals surface area (Å²) in [5.74, 6) is 0. The molecule has 0 aliphatic carbocycles. The van der Waals surface area contributed by atoms with Gasteiger partial charge < -0.3 is 5.32 Å². The molecule has 0 saturated carbocycles. The molecule has 0 saturated heterocycles. The van der Waals surface area contributed by atoms with E-state index in [4.69, 9.17) is 23.2 Å². The van der Waals surface area contributed by atoms with Crippen LogP contribution in [0.2, 0.25) is 10.0 Å². The molecule has 0 radical (unpaired) electrons. The third-order valence-corrected chi connectivity index (χ3v) is 4.19. The van der Waals surface area contributed by atoms with Crippen molar-refractivity contribution < 1.29 is 0 Å². The highest BCUT2D eigenvalue weighted by Gasteiger charge is 2.14. The smallest absolute Gasteiger partial charge is 0.0848 e. The molecule has 2 aromatic rings. The minimum atomic E-state index is 0.260. The number of aryl methyl sites for hydroxylation is 1. The van der Waals surface area contributed by atoms with Gasteiger partial charge in [-0.3, -0.25) is 0 Å². The van der Waals surface area contributed by atoms with Crippen molar-refractivity contribution in [3.05, 3.63) is 45.2 Å². The molecule has 1 unspecified atom stereocenters. The molecule has 1 heterocycles. The number of halogens is 2. The Balaban J connectivity index is 2.49. The average Bonchev–Trinajstić information content (AvgIpc) is 2.65. The molecule has 0 aliphatic rings. The minimum absolute atomic E-state index is 0.260. The number of nitrogens with zero attached hydrogens (tertiary/aromatic N) is 2. The van der Waals surface area contributed by atoms with Crippen LogP contribution in [0.25, 0.3) is 5.69 Å². The third-order valence-electron chi connectivity index (χ3n) is 3.34. The Morgan fingerprint density at radius 3 is 2.42 bits per heavy atom. The maximum absolute atomic E-state index is 6.37. The summed E-state index contributed by atoms with van der Waals surface area (Å²) in [6, 6.07) is 6.24. The van der Waals surface area contributed by atoms with E-state index >= 15 is 0 Å². The lowest BCUT2D eigenvalue weighted by Crippen LogP contribution is -2.12. The molecular weight excluding hydrogens is 281 g/mol. The van der Waals surface area contributed by atoms with E-state index in [2.05, 4.69) is 17.3 Å². The molecule has 102 valence electrons. The van der Waals surface area contributed by atoms with Crippen molar-refractivity contribution in [3.63, 3.8) is 0 Å².